The van der Waals surface area contributed by atoms with Crippen molar-refractivity contribution in [1.29, 1.82) is 0 Å². The molecule has 0 saturated carbocycles. The normalized spacial score (nSPS) is 12.4. The van der Waals surface area contributed by atoms with Crippen LogP contribution >= 0.6 is 22.7 Å². The molecule has 0 N–H and O–H groups in total. The number of amides is 1. The van der Waals surface area contributed by atoms with Crippen molar-refractivity contribution < 1.29 is 9.53 Å². The molecule has 0 aliphatic carbocycles. The lowest BCUT2D eigenvalue weighted by Crippen LogP contribution is -2.16. The summed E-state index contributed by atoms with van der Waals surface area (Å²) in [4.78, 5) is 18.4. The number of carbonyl (C=O) groups excluding carboxylic acids is 1. The van der Waals surface area contributed by atoms with Crippen LogP contribution in [-0.4, -0.2) is 17.6 Å². The van der Waals surface area contributed by atoms with Crippen molar-refractivity contribution in [3.63, 3.8) is 0 Å². The molecule has 2 heterocycles. The van der Waals surface area contributed by atoms with Crippen LogP contribution in [0.1, 0.15) is 23.8 Å². The lowest BCUT2D eigenvalue weighted by atomic mass is 10.2. The highest BCUT2D eigenvalue weighted by molar-refractivity contribution is 7.16. The number of carbonyl (C=O) groups is 1. The van der Waals surface area contributed by atoms with E-state index in [9.17, 15) is 4.79 Å². The molecule has 6 heteroatoms. The fraction of sp³-hybridized carbons (Fsp3) is 0.263. The third-order valence-corrected chi connectivity index (χ3v) is 5.84. The zero-order valence-corrected chi connectivity index (χ0v) is 16.1. The molecule has 0 saturated heterocycles. The van der Waals surface area contributed by atoms with Gasteiger partial charge < -0.3 is 9.30 Å². The van der Waals surface area contributed by atoms with Crippen molar-refractivity contribution in [3.8, 4) is 5.75 Å². The Labute approximate surface area is 154 Å². The highest BCUT2D eigenvalue weighted by atomic mass is 32.1. The Morgan fingerprint density at radius 2 is 2.20 bits per heavy atom. The molecule has 25 heavy (non-hydrogen) atoms. The van der Waals surface area contributed by atoms with E-state index < -0.39 is 0 Å². The molecule has 0 radical (unpaired) electrons. The van der Waals surface area contributed by atoms with Gasteiger partial charge in [-0.3, -0.25) is 4.79 Å². The van der Waals surface area contributed by atoms with Crippen molar-refractivity contribution in [1.82, 2.24) is 4.57 Å². The maximum Gasteiger partial charge on any atom is 0.272 e. The number of rotatable bonds is 5. The van der Waals surface area contributed by atoms with Crippen LogP contribution in [0.4, 0.5) is 0 Å². The van der Waals surface area contributed by atoms with Crippen LogP contribution in [0, 0.1) is 6.92 Å². The summed E-state index contributed by atoms with van der Waals surface area (Å²) < 4.78 is 8.73. The molecule has 2 aromatic heterocycles. The van der Waals surface area contributed by atoms with Crippen LogP contribution in [0.25, 0.3) is 16.3 Å². The first kappa shape index (κ1) is 17.6. The molecule has 0 aliphatic rings. The third-order valence-electron chi connectivity index (χ3n) is 3.79. The predicted octanol–water partition coefficient (Wildman–Crippen LogP) is 4.63. The average molecular weight is 373 g/mol. The molecule has 1 aromatic carbocycles. The molecular formula is C19H20N2O2S2. The van der Waals surface area contributed by atoms with Gasteiger partial charge in [0.05, 0.1) is 11.8 Å². The molecule has 1 amide bonds. The van der Waals surface area contributed by atoms with E-state index in [1.807, 2.05) is 29.6 Å². The zero-order valence-electron chi connectivity index (χ0n) is 14.5. The number of thiazole rings is 1. The van der Waals surface area contributed by atoms with Gasteiger partial charge in [-0.05, 0) is 42.5 Å². The lowest BCUT2D eigenvalue weighted by Gasteiger charge is -2.08. The molecule has 0 spiro atoms. The number of fused-ring (bicyclic) bond motifs is 1. The van der Waals surface area contributed by atoms with Gasteiger partial charge in [-0.25, -0.2) is 0 Å². The van der Waals surface area contributed by atoms with Gasteiger partial charge in [0, 0.05) is 17.5 Å². The second kappa shape index (κ2) is 7.80. The molecule has 0 atom stereocenters. The molecule has 0 fully saturated rings. The first-order valence-corrected chi connectivity index (χ1v) is 9.81. The number of benzene rings is 1. The number of hydrogen-bond donors (Lipinski definition) is 0. The first-order chi connectivity index (χ1) is 12.1. The fourth-order valence-corrected chi connectivity index (χ4v) is 4.40. The Morgan fingerprint density at radius 3 is 2.88 bits per heavy atom. The smallest absolute Gasteiger partial charge is 0.272 e. The number of methoxy groups -OCH3 is 1. The third kappa shape index (κ3) is 3.75. The van der Waals surface area contributed by atoms with E-state index in [0.717, 1.165) is 39.4 Å². The Kier molecular flexibility index (Phi) is 5.50. The monoisotopic (exact) mass is 372 g/mol. The summed E-state index contributed by atoms with van der Waals surface area (Å²) in [6.45, 7) is 4.97. The number of nitrogens with zero attached hydrogens (tertiary/aromatic N) is 2. The van der Waals surface area contributed by atoms with Gasteiger partial charge in [0.2, 0.25) is 0 Å². The van der Waals surface area contributed by atoms with Crippen LogP contribution in [0.2, 0.25) is 0 Å². The first-order valence-electron chi connectivity index (χ1n) is 8.11. The van der Waals surface area contributed by atoms with Crippen LogP contribution < -0.4 is 9.54 Å². The largest absolute Gasteiger partial charge is 0.495 e. The van der Waals surface area contributed by atoms with Crippen LogP contribution in [0.15, 0.2) is 40.7 Å². The molecule has 0 aliphatic heterocycles. The number of hydrogen-bond acceptors (Lipinski definition) is 4. The van der Waals surface area contributed by atoms with Crippen molar-refractivity contribution in [2.24, 2.45) is 4.99 Å². The fourth-order valence-electron chi connectivity index (χ4n) is 2.63. The van der Waals surface area contributed by atoms with Crippen LogP contribution in [0.3, 0.4) is 0 Å². The topological polar surface area (TPSA) is 43.6 Å². The van der Waals surface area contributed by atoms with Crippen molar-refractivity contribution >= 4 is 44.9 Å². The minimum absolute atomic E-state index is 0.249. The standard InChI is InChI=1S/C19H20N2O2S2/c1-4-11-21-17-15(23-3)9-7-13(2)18(17)25-19(21)20-16(22)10-8-14-6-5-12-24-14/h5-10,12H,4,11H2,1-3H3. The summed E-state index contributed by atoms with van der Waals surface area (Å²) in [5.41, 5.74) is 2.18. The lowest BCUT2D eigenvalue weighted by molar-refractivity contribution is -0.113. The Bertz CT molecular complexity index is 979. The summed E-state index contributed by atoms with van der Waals surface area (Å²) in [5.74, 6) is 0.565. The Morgan fingerprint density at radius 1 is 1.36 bits per heavy atom. The number of aryl methyl sites for hydroxylation is 2. The van der Waals surface area contributed by atoms with Gasteiger partial charge in [0.1, 0.15) is 11.3 Å². The molecule has 4 nitrogen and oxygen atoms in total. The summed E-state index contributed by atoms with van der Waals surface area (Å²) in [6.07, 6.45) is 4.28. The molecule has 3 rings (SSSR count). The van der Waals surface area contributed by atoms with E-state index >= 15 is 0 Å². The Hall–Kier alpha value is -2.18. The minimum atomic E-state index is -0.249. The molecule has 0 unspecified atom stereocenters. The van der Waals surface area contributed by atoms with Crippen LogP contribution in [-0.2, 0) is 11.3 Å². The van der Waals surface area contributed by atoms with Crippen molar-refractivity contribution in [3.05, 3.63) is 51.0 Å². The molecule has 0 bridgehead atoms. The second-order valence-corrected chi connectivity index (χ2v) is 7.55. The maximum atomic E-state index is 12.3. The van der Waals surface area contributed by atoms with Gasteiger partial charge in [-0.15, -0.1) is 11.3 Å². The summed E-state index contributed by atoms with van der Waals surface area (Å²) in [5, 5.41) is 1.98. The van der Waals surface area contributed by atoms with Gasteiger partial charge in [0.25, 0.3) is 5.91 Å². The van der Waals surface area contributed by atoms with E-state index in [4.69, 9.17) is 4.74 Å². The van der Waals surface area contributed by atoms with E-state index in [1.165, 1.54) is 17.4 Å². The van der Waals surface area contributed by atoms with Gasteiger partial charge >= 0.3 is 0 Å². The summed E-state index contributed by atoms with van der Waals surface area (Å²) >= 11 is 3.13. The van der Waals surface area contributed by atoms with E-state index in [1.54, 1.807) is 24.5 Å². The van der Waals surface area contributed by atoms with Crippen molar-refractivity contribution in [2.75, 3.05) is 7.11 Å². The van der Waals surface area contributed by atoms with E-state index in [2.05, 4.69) is 23.4 Å². The second-order valence-electron chi connectivity index (χ2n) is 5.60. The SMILES string of the molecule is CCCn1c(=NC(=O)C=Cc2cccs2)sc2c(C)ccc(OC)c21. The predicted molar refractivity (Wildman–Crippen MR) is 105 cm³/mol. The quantitative estimate of drug-likeness (QED) is 0.613. The zero-order chi connectivity index (χ0) is 17.8. The van der Waals surface area contributed by atoms with Gasteiger partial charge in [0.15, 0.2) is 4.80 Å². The number of aromatic nitrogens is 1. The van der Waals surface area contributed by atoms with Crippen LogP contribution in [0.5, 0.6) is 5.75 Å². The van der Waals surface area contributed by atoms with Gasteiger partial charge in [-0.1, -0.05) is 30.4 Å². The maximum absolute atomic E-state index is 12.3. The molecule has 130 valence electrons. The highest BCUT2D eigenvalue weighted by Crippen LogP contribution is 2.30. The molecular weight excluding hydrogens is 352 g/mol. The average Bonchev–Trinajstić information content (AvgIpc) is 3.23. The minimum Gasteiger partial charge on any atom is -0.495 e. The van der Waals surface area contributed by atoms with E-state index in [-0.39, 0.29) is 5.91 Å². The molecule has 3 aromatic rings. The summed E-state index contributed by atoms with van der Waals surface area (Å²) in [7, 11) is 1.67. The highest BCUT2D eigenvalue weighted by Gasteiger charge is 2.13. The van der Waals surface area contributed by atoms with E-state index in [0.29, 0.717) is 4.80 Å². The number of thiophene rings is 1. The summed E-state index contributed by atoms with van der Waals surface area (Å²) in [6, 6.07) is 7.94. The van der Waals surface area contributed by atoms with Gasteiger partial charge in [-0.2, -0.15) is 4.99 Å². The number of ether oxygens (including phenoxy) is 1. The van der Waals surface area contributed by atoms with Crippen molar-refractivity contribution in [2.45, 2.75) is 26.8 Å². The Balaban J connectivity index is 2.10.